The molecule has 0 aliphatic carbocycles. The number of benzene rings is 1. The first-order valence-electron chi connectivity index (χ1n) is 8.63. The molecule has 1 fully saturated rings. The molecule has 122 valence electrons. The molecule has 1 unspecified atom stereocenters. The van der Waals surface area contributed by atoms with Crippen LogP contribution in [0.15, 0.2) is 30.5 Å². The van der Waals surface area contributed by atoms with Crippen molar-refractivity contribution < 1.29 is 0 Å². The van der Waals surface area contributed by atoms with Crippen molar-refractivity contribution in [2.24, 2.45) is 0 Å². The maximum absolute atomic E-state index is 4.71. The van der Waals surface area contributed by atoms with Crippen LogP contribution in [-0.2, 0) is 6.42 Å². The molecule has 1 aromatic carbocycles. The van der Waals surface area contributed by atoms with E-state index in [0.717, 1.165) is 30.9 Å². The number of nitrogens with one attached hydrogen (secondary N) is 1. The summed E-state index contributed by atoms with van der Waals surface area (Å²) in [7, 11) is 0. The topological polar surface area (TPSA) is 53.9 Å². The van der Waals surface area contributed by atoms with E-state index >= 15 is 0 Å². The van der Waals surface area contributed by atoms with Gasteiger partial charge in [0.05, 0.1) is 6.20 Å². The Morgan fingerprint density at radius 2 is 2.09 bits per heavy atom. The van der Waals surface area contributed by atoms with E-state index < -0.39 is 0 Å². The van der Waals surface area contributed by atoms with E-state index in [1.54, 1.807) is 6.20 Å². The van der Waals surface area contributed by atoms with Crippen molar-refractivity contribution in [3.63, 3.8) is 0 Å². The number of nitrogens with zero attached hydrogens (tertiary/aromatic N) is 4. The summed E-state index contributed by atoms with van der Waals surface area (Å²) >= 11 is 0. The first kappa shape index (κ1) is 15.7. The van der Waals surface area contributed by atoms with Crippen molar-refractivity contribution in [3.05, 3.63) is 36.0 Å². The van der Waals surface area contributed by atoms with Gasteiger partial charge in [0.2, 0.25) is 5.95 Å². The Labute approximate surface area is 138 Å². The maximum atomic E-state index is 4.71. The molecule has 5 heteroatoms. The third kappa shape index (κ3) is 3.60. The second kappa shape index (κ2) is 7.40. The number of para-hydroxylation sites is 1. The molecule has 1 aliphatic heterocycles. The quantitative estimate of drug-likeness (QED) is 0.906. The van der Waals surface area contributed by atoms with Crippen molar-refractivity contribution >= 4 is 17.5 Å². The van der Waals surface area contributed by atoms with E-state index in [1.165, 1.54) is 24.8 Å². The van der Waals surface area contributed by atoms with Crippen LogP contribution in [0.1, 0.15) is 45.1 Å². The van der Waals surface area contributed by atoms with E-state index in [2.05, 4.69) is 52.5 Å². The lowest BCUT2D eigenvalue weighted by Gasteiger charge is -2.35. The Kier molecular flexibility index (Phi) is 5.05. The first-order chi connectivity index (χ1) is 11.3. The molecule has 0 saturated carbocycles. The third-order valence-corrected chi connectivity index (χ3v) is 4.58. The zero-order chi connectivity index (χ0) is 16.1. The zero-order valence-electron chi connectivity index (χ0n) is 14.0. The van der Waals surface area contributed by atoms with Gasteiger partial charge in [0.15, 0.2) is 5.82 Å². The predicted octanol–water partition coefficient (Wildman–Crippen LogP) is 3.95. The zero-order valence-corrected chi connectivity index (χ0v) is 14.0. The van der Waals surface area contributed by atoms with Gasteiger partial charge >= 0.3 is 0 Å². The fourth-order valence-electron chi connectivity index (χ4n) is 3.28. The molecule has 23 heavy (non-hydrogen) atoms. The minimum absolute atomic E-state index is 0.566. The smallest absolute Gasteiger partial charge is 0.249 e. The van der Waals surface area contributed by atoms with Crippen LogP contribution in [0.5, 0.6) is 0 Å². The fraction of sp³-hybridized carbons (Fsp3) is 0.500. The summed E-state index contributed by atoms with van der Waals surface area (Å²) in [5.41, 5.74) is 2.31. The molecule has 1 saturated heterocycles. The Bertz CT molecular complexity index is 643. The van der Waals surface area contributed by atoms with Crippen LogP contribution in [0, 0.1) is 0 Å². The van der Waals surface area contributed by atoms with E-state index in [1.807, 2.05) is 6.07 Å². The number of hydrogen-bond donors (Lipinski definition) is 1. The summed E-state index contributed by atoms with van der Waals surface area (Å²) in [4.78, 5) is 7.09. The van der Waals surface area contributed by atoms with Crippen molar-refractivity contribution in [1.82, 2.24) is 15.2 Å². The molecule has 1 aromatic heterocycles. The van der Waals surface area contributed by atoms with Gasteiger partial charge in [0.25, 0.3) is 0 Å². The highest BCUT2D eigenvalue weighted by Crippen LogP contribution is 2.26. The van der Waals surface area contributed by atoms with Gasteiger partial charge in [-0.3, -0.25) is 0 Å². The largest absolute Gasteiger partial charge is 0.352 e. The molecule has 1 atom stereocenters. The molecule has 0 amide bonds. The molecule has 1 aliphatic rings. The van der Waals surface area contributed by atoms with Gasteiger partial charge in [0, 0.05) is 18.3 Å². The molecule has 2 aromatic rings. The number of piperidine rings is 1. The van der Waals surface area contributed by atoms with Crippen LogP contribution in [0.4, 0.5) is 17.5 Å². The van der Waals surface area contributed by atoms with Gasteiger partial charge in [-0.25, -0.2) is 0 Å². The SMILES string of the molecule is CCc1ccccc1Nc1nncc(N2CCCCC2CC)n1. The van der Waals surface area contributed by atoms with Gasteiger partial charge in [-0.1, -0.05) is 32.0 Å². The second-order valence-corrected chi connectivity index (χ2v) is 6.03. The van der Waals surface area contributed by atoms with Crippen LogP contribution in [-0.4, -0.2) is 27.8 Å². The predicted molar refractivity (Wildman–Crippen MR) is 94.2 cm³/mol. The van der Waals surface area contributed by atoms with Gasteiger partial charge in [0.1, 0.15) is 0 Å². The van der Waals surface area contributed by atoms with Gasteiger partial charge in [-0.2, -0.15) is 10.1 Å². The van der Waals surface area contributed by atoms with Crippen molar-refractivity contribution in [3.8, 4) is 0 Å². The maximum Gasteiger partial charge on any atom is 0.249 e. The summed E-state index contributed by atoms with van der Waals surface area (Å²) < 4.78 is 0. The minimum atomic E-state index is 0.566. The summed E-state index contributed by atoms with van der Waals surface area (Å²) in [6.45, 7) is 5.45. The summed E-state index contributed by atoms with van der Waals surface area (Å²) in [5.74, 6) is 1.51. The van der Waals surface area contributed by atoms with Crippen LogP contribution < -0.4 is 10.2 Å². The van der Waals surface area contributed by atoms with E-state index in [9.17, 15) is 0 Å². The average Bonchev–Trinajstić information content (AvgIpc) is 2.62. The summed E-state index contributed by atoms with van der Waals surface area (Å²) in [6.07, 6.45) is 7.67. The number of aryl methyl sites for hydroxylation is 1. The molecule has 5 nitrogen and oxygen atoms in total. The summed E-state index contributed by atoms with van der Waals surface area (Å²) in [5, 5.41) is 11.6. The third-order valence-electron chi connectivity index (χ3n) is 4.58. The number of aromatic nitrogens is 3. The van der Waals surface area contributed by atoms with Crippen molar-refractivity contribution in [1.29, 1.82) is 0 Å². The van der Waals surface area contributed by atoms with Crippen LogP contribution in [0.2, 0.25) is 0 Å². The Hall–Kier alpha value is -2.17. The lowest BCUT2D eigenvalue weighted by molar-refractivity contribution is 0.446. The van der Waals surface area contributed by atoms with Crippen LogP contribution in [0.25, 0.3) is 0 Å². The van der Waals surface area contributed by atoms with Gasteiger partial charge in [-0.05, 0) is 43.7 Å². The molecule has 0 spiro atoms. The molecular formula is C18H25N5. The molecule has 2 heterocycles. The van der Waals surface area contributed by atoms with Crippen LogP contribution in [0.3, 0.4) is 0 Å². The molecule has 0 bridgehead atoms. The second-order valence-electron chi connectivity index (χ2n) is 6.03. The first-order valence-corrected chi connectivity index (χ1v) is 8.63. The molecule has 0 radical (unpaired) electrons. The lowest BCUT2D eigenvalue weighted by atomic mass is 10.0. The highest BCUT2D eigenvalue weighted by molar-refractivity contribution is 5.59. The van der Waals surface area contributed by atoms with E-state index in [-0.39, 0.29) is 0 Å². The number of rotatable bonds is 5. The lowest BCUT2D eigenvalue weighted by Crippen LogP contribution is -2.39. The Morgan fingerprint density at radius 3 is 2.91 bits per heavy atom. The van der Waals surface area contributed by atoms with Crippen LogP contribution >= 0.6 is 0 Å². The number of hydrogen-bond acceptors (Lipinski definition) is 5. The molecule has 3 rings (SSSR count). The van der Waals surface area contributed by atoms with E-state index in [4.69, 9.17) is 4.98 Å². The highest BCUT2D eigenvalue weighted by Gasteiger charge is 2.22. The van der Waals surface area contributed by atoms with Gasteiger partial charge < -0.3 is 10.2 Å². The molecular weight excluding hydrogens is 286 g/mol. The monoisotopic (exact) mass is 311 g/mol. The normalized spacial score (nSPS) is 18.0. The highest BCUT2D eigenvalue weighted by atomic mass is 15.3. The molecule has 1 N–H and O–H groups in total. The Morgan fingerprint density at radius 1 is 1.22 bits per heavy atom. The summed E-state index contributed by atoms with van der Waals surface area (Å²) in [6, 6.07) is 8.83. The average molecular weight is 311 g/mol. The fourth-order valence-corrected chi connectivity index (χ4v) is 3.28. The minimum Gasteiger partial charge on any atom is -0.352 e. The Balaban J connectivity index is 1.82. The van der Waals surface area contributed by atoms with Crippen molar-refractivity contribution in [2.45, 2.75) is 52.0 Å². The number of anilines is 3. The van der Waals surface area contributed by atoms with E-state index in [0.29, 0.717) is 12.0 Å². The van der Waals surface area contributed by atoms with Crippen molar-refractivity contribution in [2.75, 3.05) is 16.8 Å². The van der Waals surface area contributed by atoms with Gasteiger partial charge in [-0.15, -0.1) is 5.10 Å². The standard InChI is InChI=1S/C18H25N5/c1-3-14-9-5-6-11-16(14)20-18-21-17(13-19-22-18)23-12-8-7-10-15(23)4-2/h5-6,9,11,13,15H,3-4,7-8,10,12H2,1-2H3,(H,20,21,22).